The molecule has 0 spiro atoms. The molecule has 4 aromatic carbocycles. The maximum absolute atomic E-state index is 13.3. The van der Waals surface area contributed by atoms with E-state index in [0.29, 0.717) is 33.6 Å². The smallest absolute Gasteiger partial charge is 0.293 e. The molecule has 36 heavy (non-hydrogen) atoms. The van der Waals surface area contributed by atoms with Crippen molar-refractivity contribution in [1.82, 2.24) is 4.90 Å². The van der Waals surface area contributed by atoms with Gasteiger partial charge in [-0.3, -0.25) is 14.5 Å². The number of carbonyl (C=O) groups excluding carboxylic acids is 2. The Labute approximate surface area is 218 Å². The first kappa shape index (κ1) is 24.0. The van der Waals surface area contributed by atoms with E-state index >= 15 is 0 Å². The lowest BCUT2D eigenvalue weighted by atomic mass is 10.0. The Morgan fingerprint density at radius 1 is 0.917 bits per heavy atom. The molecule has 5 nitrogen and oxygen atoms in total. The summed E-state index contributed by atoms with van der Waals surface area (Å²) in [7, 11) is 1.56. The van der Waals surface area contributed by atoms with Gasteiger partial charge in [0.25, 0.3) is 11.1 Å². The van der Waals surface area contributed by atoms with Crippen LogP contribution in [0.1, 0.15) is 16.7 Å². The second kappa shape index (κ2) is 10.5. The maximum atomic E-state index is 13.3. The van der Waals surface area contributed by atoms with Gasteiger partial charge >= 0.3 is 0 Å². The molecule has 0 unspecified atom stereocenters. The normalized spacial score (nSPS) is 14.6. The Balaban J connectivity index is 1.41. The fourth-order valence-electron chi connectivity index (χ4n) is 4.08. The van der Waals surface area contributed by atoms with Gasteiger partial charge in [0, 0.05) is 10.6 Å². The molecular weight excluding hydrogens is 494 g/mol. The Hall–Kier alpha value is -3.74. The highest BCUT2D eigenvalue weighted by Gasteiger charge is 2.35. The molecule has 1 fully saturated rings. The van der Waals surface area contributed by atoms with Gasteiger partial charge in [0.1, 0.15) is 6.61 Å². The maximum Gasteiger partial charge on any atom is 0.293 e. The molecule has 180 valence electrons. The molecule has 0 saturated carbocycles. The number of nitrogens with zero attached hydrogens (tertiary/aromatic N) is 1. The van der Waals surface area contributed by atoms with E-state index in [9.17, 15) is 9.59 Å². The van der Waals surface area contributed by atoms with E-state index in [-0.39, 0.29) is 17.7 Å². The predicted molar refractivity (Wildman–Crippen MR) is 144 cm³/mol. The van der Waals surface area contributed by atoms with Crippen molar-refractivity contribution in [2.24, 2.45) is 0 Å². The lowest BCUT2D eigenvalue weighted by Gasteiger charge is -2.15. The highest BCUT2D eigenvalue weighted by atomic mass is 35.5. The molecule has 0 radical (unpaired) electrons. The standard InChI is InChI=1S/C29H22ClNO4S/c1-34-25-11-5-8-21(27(25)35-18-19-12-14-23(30)15-13-19)16-26-28(32)31(29(33)36-26)17-22-9-4-7-20-6-2-3-10-24(20)22/h2-16H,17-18H2,1H3/b26-16-. The molecule has 0 atom stereocenters. The number of imide groups is 1. The van der Waals surface area contributed by atoms with Crippen molar-refractivity contribution in [3.05, 3.63) is 112 Å². The largest absolute Gasteiger partial charge is 0.493 e. The third kappa shape index (κ3) is 4.96. The average Bonchev–Trinajstić information content (AvgIpc) is 3.16. The summed E-state index contributed by atoms with van der Waals surface area (Å²) < 4.78 is 11.6. The zero-order valence-electron chi connectivity index (χ0n) is 19.4. The predicted octanol–water partition coefficient (Wildman–Crippen LogP) is 7.32. The minimum absolute atomic E-state index is 0.210. The summed E-state index contributed by atoms with van der Waals surface area (Å²) >= 11 is 6.91. The number of hydrogen-bond acceptors (Lipinski definition) is 5. The first-order valence-electron chi connectivity index (χ1n) is 11.3. The van der Waals surface area contributed by atoms with Crippen LogP contribution >= 0.6 is 23.4 Å². The van der Waals surface area contributed by atoms with Crippen LogP contribution in [0.3, 0.4) is 0 Å². The molecule has 5 rings (SSSR count). The number of amides is 2. The van der Waals surface area contributed by atoms with Gasteiger partial charge in [0.2, 0.25) is 0 Å². The highest BCUT2D eigenvalue weighted by molar-refractivity contribution is 8.18. The zero-order chi connectivity index (χ0) is 25.1. The second-order valence-electron chi connectivity index (χ2n) is 8.20. The van der Waals surface area contributed by atoms with E-state index in [1.165, 1.54) is 4.90 Å². The zero-order valence-corrected chi connectivity index (χ0v) is 21.0. The van der Waals surface area contributed by atoms with E-state index in [2.05, 4.69) is 0 Å². The van der Waals surface area contributed by atoms with Gasteiger partial charge in [0.15, 0.2) is 11.5 Å². The Morgan fingerprint density at radius 2 is 1.67 bits per heavy atom. The van der Waals surface area contributed by atoms with E-state index < -0.39 is 0 Å². The van der Waals surface area contributed by atoms with Crippen LogP contribution in [0.15, 0.2) is 89.8 Å². The van der Waals surface area contributed by atoms with Crippen LogP contribution in [-0.4, -0.2) is 23.2 Å². The molecule has 1 saturated heterocycles. The quantitative estimate of drug-likeness (QED) is 0.241. The molecule has 0 aromatic heterocycles. The van der Waals surface area contributed by atoms with Crippen LogP contribution in [0.5, 0.6) is 11.5 Å². The molecule has 0 bridgehead atoms. The molecule has 4 aromatic rings. The van der Waals surface area contributed by atoms with Gasteiger partial charge < -0.3 is 9.47 Å². The number of benzene rings is 4. The van der Waals surface area contributed by atoms with Crippen molar-refractivity contribution in [2.45, 2.75) is 13.2 Å². The SMILES string of the molecule is COc1cccc(/C=C2\SC(=O)N(Cc3cccc4ccccc34)C2=O)c1OCc1ccc(Cl)cc1. The van der Waals surface area contributed by atoms with Crippen molar-refractivity contribution in [1.29, 1.82) is 0 Å². The number of methoxy groups -OCH3 is 1. The molecule has 1 heterocycles. The van der Waals surface area contributed by atoms with Crippen LogP contribution in [-0.2, 0) is 17.9 Å². The molecular formula is C29H22ClNO4S. The van der Waals surface area contributed by atoms with Gasteiger partial charge in [-0.05, 0) is 57.9 Å². The van der Waals surface area contributed by atoms with Crippen LogP contribution in [0.4, 0.5) is 4.79 Å². The Kier molecular flexibility index (Phi) is 6.98. The van der Waals surface area contributed by atoms with Gasteiger partial charge in [-0.15, -0.1) is 0 Å². The minimum Gasteiger partial charge on any atom is -0.493 e. The van der Waals surface area contributed by atoms with Gasteiger partial charge in [-0.1, -0.05) is 78.3 Å². The molecule has 0 aliphatic carbocycles. The van der Waals surface area contributed by atoms with Crippen molar-refractivity contribution in [2.75, 3.05) is 7.11 Å². The summed E-state index contributed by atoms with van der Waals surface area (Å²) in [5.74, 6) is 0.702. The van der Waals surface area contributed by atoms with Crippen molar-refractivity contribution < 1.29 is 19.1 Å². The van der Waals surface area contributed by atoms with E-state index in [1.807, 2.05) is 66.7 Å². The molecule has 2 amide bonds. The number of halogens is 1. The number of carbonyl (C=O) groups is 2. The molecule has 7 heteroatoms. The van der Waals surface area contributed by atoms with Crippen LogP contribution in [0.25, 0.3) is 16.8 Å². The molecule has 1 aliphatic rings. The lowest BCUT2D eigenvalue weighted by Crippen LogP contribution is -2.27. The van der Waals surface area contributed by atoms with Gasteiger partial charge in [-0.25, -0.2) is 0 Å². The monoisotopic (exact) mass is 515 g/mol. The van der Waals surface area contributed by atoms with E-state index in [4.69, 9.17) is 21.1 Å². The summed E-state index contributed by atoms with van der Waals surface area (Å²) in [6.45, 7) is 0.502. The third-order valence-corrected chi connectivity index (χ3v) is 7.05. The minimum atomic E-state index is -0.329. The molecule has 1 aliphatic heterocycles. The van der Waals surface area contributed by atoms with E-state index in [0.717, 1.165) is 33.7 Å². The Bertz CT molecular complexity index is 1480. The van der Waals surface area contributed by atoms with Crippen LogP contribution in [0.2, 0.25) is 5.02 Å². The fraction of sp³-hybridized carbons (Fsp3) is 0.103. The number of fused-ring (bicyclic) bond motifs is 1. The third-order valence-electron chi connectivity index (χ3n) is 5.89. The summed E-state index contributed by atoms with van der Waals surface area (Å²) in [4.78, 5) is 27.7. The lowest BCUT2D eigenvalue weighted by molar-refractivity contribution is -0.123. The van der Waals surface area contributed by atoms with Gasteiger partial charge in [-0.2, -0.15) is 0 Å². The topological polar surface area (TPSA) is 55.8 Å². The number of para-hydroxylation sites is 1. The van der Waals surface area contributed by atoms with Crippen LogP contribution < -0.4 is 9.47 Å². The summed E-state index contributed by atoms with van der Waals surface area (Å²) in [5.41, 5.74) is 2.51. The highest BCUT2D eigenvalue weighted by Crippen LogP contribution is 2.38. The van der Waals surface area contributed by atoms with Crippen molar-refractivity contribution >= 4 is 51.4 Å². The number of thioether (sulfide) groups is 1. The van der Waals surface area contributed by atoms with Crippen molar-refractivity contribution in [3.63, 3.8) is 0 Å². The summed E-state index contributed by atoms with van der Waals surface area (Å²) in [6.07, 6.45) is 1.69. The van der Waals surface area contributed by atoms with Crippen LogP contribution in [0, 0.1) is 0 Å². The summed E-state index contributed by atoms with van der Waals surface area (Å²) in [5, 5.41) is 2.44. The number of rotatable bonds is 7. The molecule has 0 N–H and O–H groups in total. The van der Waals surface area contributed by atoms with E-state index in [1.54, 1.807) is 31.4 Å². The number of ether oxygens (including phenoxy) is 2. The Morgan fingerprint density at radius 3 is 2.47 bits per heavy atom. The first-order valence-corrected chi connectivity index (χ1v) is 12.5. The van der Waals surface area contributed by atoms with Gasteiger partial charge in [0.05, 0.1) is 18.6 Å². The second-order valence-corrected chi connectivity index (χ2v) is 9.63. The average molecular weight is 516 g/mol. The number of hydrogen-bond donors (Lipinski definition) is 0. The fourth-order valence-corrected chi connectivity index (χ4v) is 5.03. The first-order chi connectivity index (χ1) is 17.5. The summed E-state index contributed by atoms with van der Waals surface area (Å²) in [6, 6.07) is 26.6. The van der Waals surface area contributed by atoms with Crippen molar-refractivity contribution in [3.8, 4) is 11.5 Å².